The number of rotatable bonds is 4. The molecular formula is C21H22N4O9. The lowest BCUT2D eigenvalue weighted by atomic mass is 10.1. The zero-order valence-corrected chi connectivity index (χ0v) is 18.0. The molecule has 2 aromatic rings. The molecule has 2 saturated heterocycles. The molecule has 0 spiro atoms. The van der Waals surface area contributed by atoms with Gasteiger partial charge < -0.3 is 14.6 Å². The van der Waals surface area contributed by atoms with Gasteiger partial charge in [0.2, 0.25) is 11.8 Å². The van der Waals surface area contributed by atoms with Crippen LogP contribution in [0.5, 0.6) is 0 Å². The number of aryl methyl sites for hydroxylation is 1. The van der Waals surface area contributed by atoms with Crippen molar-refractivity contribution in [2.24, 2.45) is 0 Å². The number of aromatic amines is 1. The number of barbiturate groups is 1. The number of hydrogen-bond donors (Lipinski definition) is 4. The maximum atomic E-state index is 12.2. The van der Waals surface area contributed by atoms with E-state index in [0.29, 0.717) is 11.1 Å². The molecule has 13 heteroatoms. The molecule has 0 bridgehead atoms. The van der Waals surface area contributed by atoms with Crippen LogP contribution in [0.4, 0.5) is 4.79 Å². The van der Waals surface area contributed by atoms with E-state index < -0.39 is 53.5 Å². The van der Waals surface area contributed by atoms with Crippen molar-refractivity contribution in [3.05, 3.63) is 68.5 Å². The van der Waals surface area contributed by atoms with Crippen molar-refractivity contribution >= 4 is 23.8 Å². The molecule has 0 radical (unpaired) electrons. The van der Waals surface area contributed by atoms with Crippen molar-refractivity contribution in [3.63, 3.8) is 0 Å². The fourth-order valence-electron chi connectivity index (χ4n) is 3.26. The molecule has 4 amide bonds. The van der Waals surface area contributed by atoms with Crippen LogP contribution in [0.1, 0.15) is 35.0 Å². The number of amides is 4. The number of hydrogen-bond acceptors (Lipinski definition) is 9. The van der Waals surface area contributed by atoms with Crippen molar-refractivity contribution in [2.45, 2.75) is 38.2 Å². The average Bonchev–Trinajstić information content (AvgIpc) is 3.18. The number of nitrogens with one attached hydrogen (secondary N) is 3. The summed E-state index contributed by atoms with van der Waals surface area (Å²) in [6, 6.07) is 7.73. The maximum Gasteiger partial charge on any atom is 0.338 e. The molecule has 0 aliphatic carbocycles. The molecule has 2 aliphatic rings. The Morgan fingerprint density at radius 2 is 1.76 bits per heavy atom. The summed E-state index contributed by atoms with van der Waals surface area (Å²) in [4.78, 5) is 68.7. The van der Waals surface area contributed by atoms with Crippen LogP contribution < -0.4 is 21.9 Å². The number of esters is 1. The molecular weight excluding hydrogens is 452 g/mol. The predicted molar refractivity (Wildman–Crippen MR) is 114 cm³/mol. The van der Waals surface area contributed by atoms with Gasteiger partial charge in [-0.2, -0.15) is 0 Å². The largest absolute Gasteiger partial charge is 0.456 e. The van der Waals surface area contributed by atoms with Crippen molar-refractivity contribution < 1.29 is 33.8 Å². The van der Waals surface area contributed by atoms with Crippen LogP contribution in [0.2, 0.25) is 0 Å². The first kappa shape index (κ1) is 24.5. The summed E-state index contributed by atoms with van der Waals surface area (Å²) in [7, 11) is 0. The molecule has 1 aromatic carbocycles. The van der Waals surface area contributed by atoms with Crippen LogP contribution in [0.25, 0.3) is 0 Å². The van der Waals surface area contributed by atoms with Gasteiger partial charge in [0.15, 0.2) is 0 Å². The van der Waals surface area contributed by atoms with E-state index in [1.807, 2.05) is 10.6 Å². The van der Waals surface area contributed by atoms with Crippen LogP contribution in [-0.2, 0) is 19.1 Å². The normalized spacial score (nSPS) is 21.7. The smallest absolute Gasteiger partial charge is 0.338 e. The van der Waals surface area contributed by atoms with E-state index in [1.165, 1.54) is 10.8 Å². The molecule has 3 atom stereocenters. The Balaban J connectivity index is 0.000000302. The Bertz CT molecular complexity index is 1160. The number of aliphatic hydroxyl groups excluding tert-OH is 1. The topological polar surface area (TPSA) is 186 Å². The van der Waals surface area contributed by atoms with Gasteiger partial charge in [-0.25, -0.2) is 14.4 Å². The maximum absolute atomic E-state index is 12.2. The zero-order chi connectivity index (χ0) is 24.8. The number of aromatic nitrogens is 2. The van der Waals surface area contributed by atoms with Crippen molar-refractivity contribution in [1.29, 1.82) is 0 Å². The number of aliphatic hydroxyl groups is 1. The molecule has 3 heterocycles. The minimum absolute atomic E-state index is 0.190. The van der Waals surface area contributed by atoms with E-state index in [0.717, 1.165) is 0 Å². The van der Waals surface area contributed by atoms with E-state index in [-0.39, 0.29) is 19.4 Å². The minimum atomic E-state index is -0.753. The quantitative estimate of drug-likeness (QED) is 0.322. The van der Waals surface area contributed by atoms with E-state index in [2.05, 4.69) is 4.98 Å². The Morgan fingerprint density at radius 1 is 1.12 bits per heavy atom. The van der Waals surface area contributed by atoms with Gasteiger partial charge in [-0.05, 0) is 19.1 Å². The third-order valence-electron chi connectivity index (χ3n) is 4.91. The van der Waals surface area contributed by atoms with Crippen LogP contribution in [0.3, 0.4) is 0 Å². The molecule has 34 heavy (non-hydrogen) atoms. The fourth-order valence-corrected chi connectivity index (χ4v) is 3.26. The van der Waals surface area contributed by atoms with Crippen molar-refractivity contribution in [2.75, 3.05) is 6.61 Å². The Morgan fingerprint density at radius 3 is 2.35 bits per heavy atom. The number of carbonyl (C=O) groups excluding carboxylic acids is 4. The lowest BCUT2D eigenvalue weighted by molar-refractivity contribution is -0.129. The second-order valence-corrected chi connectivity index (χ2v) is 7.44. The number of urea groups is 1. The van der Waals surface area contributed by atoms with E-state index in [1.54, 1.807) is 37.3 Å². The van der Waals surface area contributed by atoms with Crippen LogP contribution >= 0.6 is 0 Å². The van der Waals surface area contributed by atoms with Crippen molar-refractivity contribution in [1.82, 2.24) is 20.2 Å². The average molecular weight is 474 g/mol. The number of imide groups is 2. The highest BCUT2D eigenvalue weighted by Crippen LogP contribution is 2.30. The lowest BCUT2D eigenvalue weighted by Crippen LogP contribution is -2.49. The second kappa shape index (κ2) is 10.7. The highest BCUT2D eigenvalue weighted by Gasteiger charge is 2.39. The number of nitrogens with zero attached hydrogens (tertiary/aromatic N) is 1. The predicted octanol–water partition coefficient (Wildman–Crippen LogP) is -0.907. The summed E-state index contributed by atoms with van der Waals surface area (Å²) >= 11 is 0. The monoisotopic (exact) mass is 474 g/mol. The summed E-state index contributed by atoms with van der Waals surface area (Å²) in [5, 5.41) is 13.3. The van der Waals surface area contributed by atoms with Gasteiger partial charge >= 0.3 is 17.7 Å². The highest BCUT2D eigenvalue weighted by atomic mass is 16.6. The first-order chi connectivity index (χ1) is 16.2. The second-order valence-electron chi connectivity index (χ2n) is 7.44. The minimum Gasteiger partial charge on any atom is -0.456 e. The Kier molecular flexibility index (Phi) is 7.71. The third-order valence-corrected chi connectivity index (χ3v) is 4.91. The van der Waals surface area contributed by atoms with Crippen molar-refractivity contribution in [3.8, 4) is 0 Å². The number of benzene rings is 1. The van der Waals surface area contributed by atoms with E-state index in [9.17, 15) is 33.9 Å². The number of carbonyl (C=O) groups is 4. The van der Waals surface area contributed by atoms with Crippen LogP contribution in [-0.4, -0.2) is 57.3 Å². The first-order valence-corrected chi connectivity index (χ1v) is 10.2. The summed E-state index contributed by atoms with van der Waals surface area (Å²) in [5.74, 6) is -1.63. The summed E-state index contributed by atoms with van der Waals surface area (Å²) < 4.78 is 12.3. The van der Waals surface area contributed by atoms with Gasteiger partial charge in [0, 0.05) is 18.2 Å². The molecule has 13 nitrogen and oxygen atoms in total. The van der Waals surface area contributed by atoms with Crippen LogP contribution in [0.15, 0.2) is 46.1 Å². The van der Waals surface area contributed by atoms with Gasteiger partial charge in [-0.15, -0.1) is 0 Å². The standard InChI is InChI=1S/C17H18N2O6.C4H4N2O3/c1-10-8-19(17(23)18-15(10)21)14-7-12(13(9-20)24-14)25-16(22)11-5-3-2-4-6-11;7-2-1-3(8)6-4(9)5-2/h2-6,8,12-14,20H,7,9H2,1H3,(H,18,21,23);1H2,(H2,5,6,7,8,9)/t12-,13+,14+;/m0./s1. The molecule has 2 aliphatic heterocycles. The van der Waals surface area contributed by atoms with Gasteiger partial charge in [-0.3, -0.25) is 34.6 Å². The molecule has 4 N–H and O–H groups in total. The highest BCUT2D eigenvalue weighted by molar-refractivity contribution is 6.14. The fraction of sp³-hybridized carbons (Fsp3) is 0.333. The van der Waals surface area contributed by atoms with E-state index >= 15 is 0 Å². The van der Waals surface area contributed by atoms with Gasteiger partial charge in [-0.1, -0.05) is 18.2 Å². The molecule has 4 rings (SSSR count). The first-order valence-electron chi connectivity index (χ1n) is 10.2. The van der Waals surface area contributed by atoms with Gasteiger partial charge in [0.1, 0.15) is 24.9 Å². The molecule has 0 unspecified atom stereocenters. The SMILES string of the molecule is Cc1cn([C@H]2C[C@H](OC(=O)c3ccccc3)[C@@H](CO)O2)c(=O)[nH]c1=O.O=C1CC(=O)NC(=O)N1. The molecule has 0 saturated carbocycles. The third kappa shape index (κ3) is 6.02. The Hall–Kier alpha value is -4.10. The summed E-state index contributed by atoms with van der Waals surface area (Å²) in [5.41, 5.74) is -0.342. The van der Waals surface area contributed by atoms with E-state index in [4.69, 9.17) is 9.47 Å². The van der Waals surface area contributed by atoms with Crippen LogP contribution in [0, 0.1) is 6.92 Å². The summed E-state index contributed by atoms with van der Waals surface area (Å²) in [6.45, 7) is 1.21. The lowest BCUT2D eigenvalue weighted by Gasteiger charge is -2.16. The summed E-state index contributed by atoms with van der Waals surface area (Å²) in [6.07, 6.45) is -0.879. The number of ether oxygens (including phenoxy) is 2. The Labute approximate surface area is 191 Å². The molecule has 2 fully saturated rings. The zero-order valence-electron chi connectivity index (χ0n) is 18.0. The van der Waals surface area contributed by atoms with Gasteiger partial charge in [0.25, 0.3) is 5.56 Å². The molecule has 1 aromatic heterocycles. The molecule has 180 valence electrons. The van der Waals surface area contributed by atoms with Gasteiger partial charge in [0.05, 0.1) is 12.2 Å². The number of H-pyrrole nitrogens is 1.